The number of anilines is 1. The number of likely N-dealkylation sites (tertiary alicyclic amines) is 1. The van der Waals surface area contributed by atoms with Crippen LogP contribution >= 0.6 is 11.3 Å². The highest BCUT2D eigenvalue weighted by atomic mass is 32.1. The number of rotatable bonds is 2. The van der Waals surface area contributed by atoms with Gasteiger partial charge in [-0.15, -0.1) is 10.2 Å². The molecular formula is C15H25N5O2S. The average molecular weight is 339 g/mol. The van der Waals surface area contributed by atoms with E-state index in [-0.39, 0.29) is 17.5 Å². The van der Waals surface area contributed by atoms with E-state index in [2.05, 4.69) is 20.4 Å². The van der Waals surface area contributed by atoms with E-state index in [0.717, 1.165) is 44.2 Å². The first kappa shape index (κ1) is 16.4. The van der Waals surface area contributed by atoms with Crippen molar-refractivity contribution in [3.8, 4) is 0 Å². The van der Waals surface area contributed by atoms with Crippen molar-refractivity contribution in [2.24, 2.45) is 5.41 Å². The molecule has 8 heteroatoms. The number of amides is 2. The lowest BCUT2D eigenvalue weighted by Crippen LogP contribution is -2.55. The normalized spacial score (nSPS) is 25.7. The molecule has 1 atom stereocenters. The van der Waals surface area contributed by atoms with Gasteiger partial charge in [0.1, 0.15) is 5.51 Å². The minimum absolute atomic E-state index is 0.0191. The van der Waals surface area contributed by atoms with Gasteiger partial charge >= 0.3 is 6.03 Å². The van der Waals surface area contributed by atoms with Gasteiger partial charge in [-0.25, -0.2) is 4.79 Å². The molecule has 0 aromatic carbocycles. The molecule has 1 aromatic rings. The molecule has 128 valence electrons. The summed E-state index contributed by atoms with van der Waals surface area (Å²) in [4.78, 5) is 16.6. The van der Waals surface area contributed by atoms with Crippen molar-refractivity contribution < 1.29 is 9.53 Å². The van der Waals surface area contributed by atoms with Crippen LogP contribution in [0.15, 0.2) is 5.51 Å². The molecule has 0 aliphatic carbocycles. The number of nitrogens with one attached hydrogen (secondary N) is 1. The third-order valence-electron chi connectivity index (χ3n) is 4.42. The van der Waals surface area contributed by atoms with Gasteiger partial charge in [0.25, 0.3) is 0 Å². The number of piperidine rings is 1. The molecule has 23 heavy (non-hydrogen) atoms. The minimum atomic E-state index is -0.0191. The third kappa shape index (κ3) is 3.92. The quantitative estimate of drug-likeness (QED) is 0.886. The van der Waals surface area contributed by atoms with Crippen LogP contribution in [0.1, 0.15) is 26.7 Å². The Bertz CT molecular complexity index is 524. The standard InChI is InChI=1S/C15H25N5O2S/c1-12(2)17-13(21)19-5-3-4-15(8-19)9-20(6-7-22-10-15)14-18-16-11-23-14/h11-12H,3-10H2,1-2H3,(H,17,21)/t15-/m1/s1. The maximum atomic E-state index is 12.4. The van der Waals surface area contributed by atoms with Crippen molar-refractivity contribution >= 4 is 22.5 Å². The third-order valence-corrected chi connectivity index (χ3v) is 5.17. The molecule has 2 saturated heterocycles. The summed E-state index contributed by atoms with van der Waals surface area (Å²) >= 11 is 1.56. The molecule has 7 nitrogen and oxygen atoms in total. The zero-order valence-electron chi connectivity index (χ0n) is 13.8. The Balaban J connectivity index is 1.72. The van der Waals surface area contributed by atoms with E-state index in [4.69, 9.17) is 4.74 Å². The van der Waals surface area contributed by atoms with Crippen LogP contribution in [0.5, 0.6) is 0 Å². The first-order valence-electron chi connectivity index (χ1n) is 8.22. The van der Waals surface area contributed by atoms with Gasteiger partial charge in [-0.05, 0) is 26.7 Å². The van der Waals surface area contributed by atoms with Crippen LogP contribution in [0.25, 0.3) is 0 Å². The summed E-state index contributed by atoms with van der Waals surface area (Å²) < 4.78 is 5.88. The van der Waals surface area contributed by atoms with Crippen LogP contribution in [0.4, 0.5) is 9.93 Å². The van der Waals surface area contributed by atoms with Crippen LogP contribution in [-0.2, 0) is 4.74 Å². The number of carbonyl (C=O) groups is 1. The smallest absolute Gasteiger partial charge is 0.317 e. The Morgan fingerprint density at radius 2 is 2.30 bits per heavy atom. The zero-order valence-corrected chi connectivity index (χ0v) is 14.6. The molecule has 2 aliphatic heterocycles. The number of aromatic nitrogens is 2. The van der Waals surface area contributed by atoms with Gasteiger partial charge in [0.05, 0.1) is 13.2 Å². The van der Waals surface area contributed by atoms with Gasteiger partial charge in [-0.1, -0.05) is 11.3 Å². The van der Waals surface area contributed by atoms with Gasteiger partial charge in [0, 0.05) is 37.6 Å². The Morgan fingerprint density at radius 1 is 1.43 bits per heavy atom. The monoisotopic (exact) mass is 339 g/mol. The maximum absolute atomic E-state index is 12.4. The lowest BCUT2D eigenvalue weighted by Gasteiger charge is -2.43. The van der Waals surface area contributed by atoms with E-state index < -0.39 is 0 Å². The molecule has 0 radical (unpaired) electrons. The predicted octanol–water partition coefficient (Wildman–Crippen LogP) is 1.57. The summed E-state index contributed by atoms with van der Waals surface area (Å²) in [5.41, 5.74) is 1.74. The zero-order chi connectivity index (χ0) is 16.3. The molecular weight excluding hydrogens is 314 g/mol. The van der Waals surface area contributed by atoms with Gasteiger partial charge in [0.2, 0.25) is 5.13 Å². The predicted molar refractivity (Wildman–Crippen MR) is 89.8 cm³/mol. The molecule has 2 amide bonds. The summed E-state index contributed by atoms with van der Waals surface area (Å²) in [5.74, 6) is 0. The molecule has 0 bridgehead atoms. The van der Waals surface area contributed by atoms with Crippen LogP contribution < -0.4 is 10.2 Å². The lowest BCUT2D eigenvalue weighted by molar-refractivity contribution is 0.0242. The number of hydrogen-bond acceptors (Lipinski definition) is 6. The van der Waals surface area contributed by atoms with Crippen molar-refractivity contribution in [3.63, 3.8) is 0 Å². The van der Waals surface area contributed by atoms with E-state index in [0.29, 0.717) is 13.2 Å². The number of hydrogen-bond donors (Lipinski definition) is 1. The van der Waals surface area contributed by atoms with Gasteiger partial charge in [-0.2, -0.15) is 0 Å². The second-order valence-corrected chi connectivity index (χ2v) is 7.64. The fraction of sp³-hybridized carbons (Fsp3) is 0.800. The van der Waals surface area contributed by atoms with Gasteiger partial charge in [-0.3, -0.25) is 0 Å². The Hall–Kier alpha value is -1.41. The Labute approximate surface area is 141 Å². The molecule has 0 saturated carbocycles. The summed E-state index contributed by atoms with van der Waals surface area (Å²) in [6, 6.07) is 0.189. The number of ether oxygens (including phenoxy) is 1. The molecule has 2 aliphatic rings. The van der Waals surface area contributed by atoms with Gasteiger partial charge in [0.15, 0.2) is 0 Å². The van der Waals surface area contributed by atoms with E-state index in [9.17, 15) is 4.79 Å². The molecule has 1 spiro atoms. The molecule has 0 unspecified atom stereocenters. The highest BCUT2D eigenvalue weighted by molar-refractivity contribution is 7.13. The second kappa shape index (κ2) is 7.00. The number of carbonyl (C=O) groups excluding carboxylic acids is 1. The molecule has 3 heterocycles. The Kier molecular flexibility index (Phi) is 5.01. The fourth-order valence-corrected chi connectivity index (χ4v) is 4.02. The Morgan fingerprint density at radius 3 is 3.04 bits per heavy atom. The number of urea groups is 1. The van der Waals surface area contributed by atoms with E-state index in [1.54, 1.807) is 16.8 Å². The first-order chi connectivity index (χ1) is 11.1. The average Bonchev–Trinajstić information content (AvgIpc) is 2.97. The fourth-order valence-electron chi connectivity index (χ4n) is 3.43. The summed E-state index contributed by atoms with van der Waals surface area (Å²) in [7, 11) is 0. The van der Waals surface area contributed by atoms with Crippen molar-refractivity contribution in [2.75, 3.05) is 44.3 Å². The molecule has 1 aromatic heterocycles. The maximum Gasteiger partial charge on any atom is 0.317 e. The summed E-state index contributed by atoms with van der Waals surface area (Å²) in [6.45, 7) is 8.63. The molecule has 3 rings (SSSR count). The highest BCUT2D eigenvalue weighted by Crippen LogP contribution is 2.34. The van der Waals surface area contributed by atoms with Crippen LogP contribution in [-0.4, -0.2) is 66.6 Å². The number of nitrogens with zero attached hydrogens (tertiary/aromatic N) is 4. The van der Waals surface area contributed by atoms with E-state index >= 15 is 0 Å². The molecule has 1 N–H and O–H groups in total. The van der Waals surface area contributed by atoms with Crippen LogP contribution in [0.2, 0.25) is 0 Å². The van der Waals surface area contributed by atoms with E-state index in [1.165, 1.54) is 0 Å². The van der Waals surface area contributed by atoms with Crippen molar-refractivity contribution in [3.05, 3.63) is 5.51 Å². The van der Waals surface area contributed by atoms with Crippen molar-refractivity contribution in [2.45, 2.75) is 32.7 Å². The second-order valence-electron chi connectivity index (χ2n) is 6.82. The lowest BCUT2D eigenvalue weighted by atomic mass is 9.80. The first-order valence-corrected chi connectivity index (χ1v) is 9.10. The van der Waals surface area contributed by atoms with Crippen LogP contribution in [0, 0.1) is 5.41 Å². The topological polar surface area (TPSA) is 70.6 Å². The summed E-state index contributed by atoms with van der Waals surface area (Å²) in [6.07, 6.45) is 2.09. The largest absolute Gasteiger partial charge is 0.379 e. The van der Waals surface area contributed by atoms with Gasteiger partial charge < -0.3 is 19.9 Å². The highest BCUT2D eigenvalue weighted by Gasteiger charge is 2.40. The SMILES string of the molecule is CC(C)NC(=O)N1CCC[C@@]2(COCCN(c3nncs3)C2)C1. The van der Waals surface area contributed by atoms with Crippen molar-refractivity contribution in [1.82, 2.24) is 20.4 Å². The molecule has 2 fully saturated rings. The van der Waals surface area contributed by atoms with Crippen molar-refractivity contribution in [1.29, 1.82) is 0 Å². The summed E-state index contributed by atoms with van der Waals surface area (Å²) in [5, 5.41) is 12.1. The van der Waals surface area contributed by atoms with Crippen LogP contribution in [0.3, 0.4) is 0 Å². The van der Waals surface area contributed by atoms with E-state index in [1.807, 2.05) is 18.7 Å². The minimum Gasteiger partial charge on any atom is -0.379 e.